The Kier molecular flexibility index (Phi) is 0.914. The Labute approximate surface area is 81.7 Å². The molecule has 4 rings (SSSR count). The second kappa shape index (κ2) is 1.79. The van der Waals surface area contributed by atoms with Crippen LogP contribution in [0.25, 0.3) is 0 Å². The number of carbonyl (C=O) groups excluding carboxylic acids is 2. The number of fused-ring (bicyclic) bond motifs is 2. The molecule has 0 aliphatic heterocycles. The summed E-state index contributed by atoms with van der Waals surface area (Å²) < 4.78 is 0. The average Bonchev–Trinajstić information content (AvgIpc) is 2.10. The molecule has 0 N–H and O–H groups in total. The smallest absolute Gasteiger partial charge is 0.160 e. The van der Waals surface area contributed by atoms with Crippen molar-refractivity contribution in [1.82, 2.24) is 0 Å². The van der Waals surface area contributed by atoms with Gasteiger partial charge in [-0.3, -0.25) is 9.59 Å². The van der Waals surface area contributed by atoms with Gasteiger partial charge in [0.2, 0.25) is 0 Å². The summed E-state index contributed by atoms with van der Waals surface area (Å²) in [6, 6.07) is 0. The Bertz CT molecular complexity index is 432. The maximum atomic E-state index is 11.7. The number of hydrogen-bond donors (Lipinski definition) is 0. The maximum Gasteiger partial charge on any atom is 0.160 e. The zero-order chi connectivity index (χ0) is 9.50. The molecule has 4 aliphatic rings. The summed E-state index contributed by atoms with van der Waals surface area (Å²) in [5.74, 6) is 1.51. The third-order valence-electron chi connectivity index (χ3n) is 4.79. The van der Waals surface area contributed by atoms with Gasteiger partial charge >= 0.3 is 0 Å². The minimum Gasteiger partial charge on any atom is -0.295 e. The minimum atomic E-state index is 0.00810. The number of hydrogen-bond acceptors (Lipinski definition) is 2. The van der Waals surface area contributed by atoms with Crippen LogP contribution in [-0.2, 0) is 9.59 Å². The molecule has 0 aromatic carbocycles. The zero-order valence-corrected chi connectivity index (χ0v) is 7.64. The van der Waals surface area contributed by atoms with Crippen molar-refractivity contribution in [3.05, 3.63) is 24.3 Å². The molecule has 2 nitrogen and oxygen atoms in total. The third kappa shape index (κ3) is 0.456. The predicted octanol–water partition coefficient (Wildman–Crippen LogP) is 1.13. The van der Waals surface area contributed by atoms with E-state index in [0.29, 0.717) is 11.8 Å². The fourth-order valence-corrected chi connectivity index (χ4v) is 4.07. The first kappa shape index (κ1) is 7.16. The molecule has 2 fully saturated rings. The number of carbonyl (C=O) groups is 2. The van der Waals surface area contributed by atoms with Crippen LogP contribution in [-0.4, -0.2) is 11.6 Å². The van der Waals surface area contributed by atoms with Gasteiger partial charge in [0.05, 0.1) is 0 Å². The van der Waals surface area contributed by atoms with Gasteiger partial charge in [0.25, 0.3) is 0 Å². The molecule has 0 amide bonds. The van der Waals surface area contributed by atoms with E-state index in [1.807, 2.05) is 0 Å². The molecule has 0 aromatic rings. The van der Waals surface area contributed by atoms with E-state index in [1.165, 1.54) is 12.2 Å². The molecule has 0 unspecified atom stereocenters. The van der Waals surface area contributed by atoms with Crippen molar-refractivity contribution in [2.75, 3.05) is 0 Å². The van der Waals surface area contributed by atoms with Crippen molar-refractivity contribution in [1.29, 1.82) is 0 Å². The maximum absolute atomic E-state index is 11.7. The van der Waals surface area contributed by atoms with Gasteiger partial charge in [-0.2, -0.15) is 0 Å². The zero-order valence-electron chi connectivity index (χ0n) is 7.64. The number of ketones is 2. The van der Waals surface area contributed by atoms with Gasteiger partial charge in [-0.25, -0.2) is 0 Å². The summed E-state index contributed by atoms with van der Waals surface area (Å²) in [6.45, 7) is 0. The van der Waals surface area contributed by atoms with E-state index < -0.39 is 0 Å². The van der Waals surface area contributed by atoms with Gasteiger partial charge < -0.3 is 0 Å². The molecular formula is C12H10O2. The van der Waals surface area contributed by atoms with Crippen molar-refractivity contribution in [3.63, 3.8) is 0 Å². The van der Waals surface area contributed by atoms with E-state index >= 15 is 0 Å². The van der Waals surface area contributed by atoms with Crippen molar-refractivity contribution in [3.8, 4) is 0 Å². The van der Waals surface area contributed by atoms with Gasteiger partial charge in [-0.15, -0.1) is 0 Å². The van der Waals surface area contributed by atoms with E-state index in [1.54, 1.807) is 0 Å². The molecule has 0 saturated heterocycles. The van der Waals surface area contributed by atoms with Crippen LogP contribution in [0.15, 0.2) is 24.3 Å². The summed E-state index contributed by atoms with van der Waals surface area (Å²) >= 11 is 0. The van der Waals surface area contributed by atoms with E-state index in [0.717, 1.165) is 6.42 Å². The second-order valence-electron chi connectivity index (χ2n) is 4.95. The Morgan fingerprint density at radius 1 is 1.21 bits per heavy atom. The topological polar surface area (TPSA) is 34.1 Å². The molecule has 70 valence electrons. The monoisotopic (exact) mass is 186 g/mol. The molecule has 0 radical (unpaired) electrons. The molecule has 5 atom stereocenters. The largest absolute Gasteiger partial charge is 0.295 e. The van der Waals surface area contributed by atoms with Gasteiger partial charge in [-0.1, -0.05) is 12.2 Å². The molecule has 2 saturated carbocycles. The predicted molar refractivity (Wildman–Crippen MR) is 49.3 cm³/mol. The SMILES string of the molecule is O=C1C=CC(=O)[C@H]2[C@H]1[C@@H]1C[C@H]3C=C[C@@]312. The Balaban J connectivity index is 1.85. The Morgan fingerprint density at radius 3 is 2.64 bits per heavy atom. The lowest BCUT2D eigenvalue weighted by Gasteiger charge is -2.74. The molecule has 4 aliphatic carbocycles. The van der Waals surface area contributed by atoms with Gasteiger partial charge in [0.1, 0.15) is 0 Å². The van der Waals surface area contributed by atoms with E-state index in [-0.39, 0.29) is 28.8 Å². The van der Waals surface area contributed by atoms with Crippen LogP contribution >= 0.6 is 0 Å². The molecule has 2 heteroatoms. The lowest BCUT2D eigenvalue weighted by molar-refractivity contribution is -0.210. The molecule has 1 spiro atoms. The molecule has 14 heavy (non-hydrogen) atoms. The second-order valence-corrected chi connectivity index (χ2v) is 4.95. The van der Waals surface area contributed by atoms with E-state index in [2.05, 4.69) is 12.2 Å². The minimum absolute atomic E-state index is 0.00810. The first-order valence-corrected chi connectivity index (χ1v) is 5.20. The first-order valence-electron chi connectivity index (χ1n) is 5.20. The van der Waals surface area contributed by atoms with E-state index in [9.17, 15) is 9.59 Å². The van der Waals surface area contributed by atoms with Crippen LogP contribution in [0.1, 0.15) is 6.42 Å². The molecule has 0 aromatic heterocycles. The summed E-state index contributed by atoms with van der Waals surface area (Å²) in [5.41, 5.74) is 0.141. The quantitative estimate of drug-likeness (QED) is 0.531. The van der Waals surface area contributed by atoms with E-state index in [4.69, 9.17) is 0 Å². The lowest BCUT2D eigenvalue weighted by atomic mass is 9.28. The summed E-state index contributed by atoms with van der Waals surface area (Å²) in [5, 5.41) is 0. The Hall–Kier alpha value is -1.18. The highest BCUT2D eigenvalue weighted by molar-refractivity contribution is 6.10. The highest BCUT2D eigenvalue weighted by Gasteiger charge is 2.76. The van der Waals surface area contributed by atoms with Gasteiger partial charge in [0.15, 0.2) is 11.6 Å². The van der Waals surface area contributed by atoms with Gasteiger partial charge in [0, 0.05) is 17.3 Å². The average molecular weight is 186 g/mol. The van der Waals surface area contributed by atoms with Crippen LogP contribution < -0.4 is 0 Å². The van der Waals surface area contributed by atoms with Crippen molar-refractivity contribution < 1.29 is 9.59 Å². The van der Waals surface area contributed by atoms with Crippen molar-refractivity contribution in [2.24, 2.45) is 29.1 Å². The number of allylic oxidation sites excluding steroid dienone is 4. The molecular weight excluding hydrogens is 176 g/mol. The Morgan fingerprint density at radius 2 is 2.00 bits per heavy atom. The highest BCUT2D eigenvalue weighted by atomic mass is 16.1. The third-order valence-corrected chi connectivity index (χ3v) is 4.79. The molecule has 0 bridgehead atoms. The summed E-state index contributed by atoms with van der Waals surface area (Å²) in [7, 11) is 0. The van der Waals surface area contributed by atoms with Crippen molar-refractivity contribution in [2.45, 2.75) is 6.42 Å². The summed E-state index contributed by atoms with van der Waals surface area (Å²) in [6.07, 6.45) is 8.47. The lowest BCUT2D eigenvalue weighted by Crippen LogP contribution is -2.74. The van der Waals surface area contributed by atoms with Crippen LogP contribution in [0.3, 0.4) is 0 Å². The van der Waals surface area contributed by atoms with Gasteiger partial charge in [-0.05, 0) is 30.4 Å². The normalized spacial score (nSPS) is 56.3. The number of rotatable bonds is 0. The fourth-order valence-electron chi connectivity index (χ4n) is 4.07. The summed E-state index contributed by atoms with van der Waals surface area (Å²) in [4.78, 5) is 23.3. The van der Waals surface area contributed by atoms with Crippen LogP contribution in [0, 0.1) is 29.1 Å². The van der Waals surface area contributed by atoms with Crippen molar-refractivity contribution >= 4 is 11.6 Å². The standard InChI is InChI=1S/C12H10O2/c13-8-1-2-9(14)11-10(8)7-5-6-3-4-12(6,7)11/h1-4,6-7,10-11H,5H2/t6-,7+,10+,11+,12-/m1/s1. The first-order chi connectivity index (χ1) is 6.75. The van der Waals surface area contributed by atoms with Crippen LogP contribution in [0.5, 0.6) is 0 Å². The highest BCUT2D eigenvalue weighted by Crippen LogP contribution is 2.76. The van der Waals surface area contributed by atoms with Crippen LogP contribution in [0.4, 0.5) is 0 Å². The molecule has 0 heterocycles. The fraction of sp³-hybridized carbons (Fsp3) is 0.500. The van der Waals surface area contributed by atoms with Crippen LogP contribution in [0.2, 0.25) is 0 Å².